The molecule has 1 aliphatic rings. The first-order valence-electron chi connectivity index (χ1n) is 9.02. The Bertz CT molecular complexity index is 1080. The average Bonchev–Trinajstić information content (AvgIpc) is 3.21. The molecule has 0 aliphatic carbocycles. The summed E-state index contributed by atoms with van der Waals surface area (Å²) < 4.78 is 10.6. The molecule has 0 unspecified atom stereocenters. The van der Waals surface area contributed by atoms with Crippen molar-refractivity contribution in [2.45, 2.75) is 0 Å². The average molecular weight is 386 g/mol. The van der Waals surface area contributed by atoms with Crippen molar-refractivity contribution in [2.75, 3.05) is 17.4 Å². The number of rotatable bonds is 5. The van der Waals surface area contributed by atoms with E-state index in [2.05, 4.69) is 10.6 Å². The quantitative estimate of drug-likeness (QED) is 0.641. The van der Waals surface area contributed by atoms with Crippen molar-refractivity contribution in [3.63, 3.8) is 0 Å². The molecular weight excluding hydrogens is 368 g/mol. The molecule has 0 saturated carbocycles. The SMILES string of the molecule is O=C(/C=C/c1ccccc1)Nc1cccc(NC(=O)c2ccc3c(c2)OCO3)c1. The standard InChI is InChI=1S/C23H18N2O4/c26-22(12-9-16-5-2-1-3-6-16)24-18-7-4-8-19(14-18)25-23(27)17-10-11-20-21(13-17)29-15-28-20/h1-14H,15H2,(H,24,26)(H,25,27)/b12-9+. The zero-order valence-corrected chi connectivity index (χ0v) is 15.4. The molecule has 0 fully saturated rings. The van der Waals surface area contributed by atoms with Crippen LogP contribution in [0.5, 0.6) is 11.5 Å². The van der Waals surface area contributed by atoms with E-state index in [1.807, 2.05) is 30.3 Å². The molecule has 2 N–H and O–H groups in total. The molecule has 4 rings (SSSR count). The number of anilines is 2. The molecule has 0 spiro atoms. The third-order valence-corrected chi connectivity index (χ3v) is 4.25. The van der Waals surface area contributed by atoms with Gasteiger partial charge in [-0.2, -0.15) is 0 Å². The molecule has 1 aliphatic heterocycles. The van der Waals surface area contributed by atoms with Crippen LogP contribution >= 0.6 is 0 Å². The second kappa shape index (κ2) is 8.31. The zero-order valence-electron chi connectivity index (χ0n) is 15.4. The maximum Gasteiger partial charge on any atom is 0.255 e. The minimum atomic E-state index is -0.282. The van der Waals surface area contributed by atoms with E-state index in [0.29, 0.717) is 28.4 Å². The maximum atomic E-state index is 12.5. The largest absolute Gasteiger partial charge is 0.454 e. The van der Waals surface area contributed by atoms with Crippen LogP contribution < -0.4 is 20.1 Å². The Morgan fingerprint density at radius 2 is 1.55 bits per heavy atom. The fourth-order valence-corrected chi connectivity index (χ4v) is 2.84. The van der Waals surface area contributed by atoms with Crippen molar-refractivity contribution < 1.29 is 19.1 Å². The fourth-order valence-electron chi connectivity index (χ4n) is 2.84. The number of fused-ring (bicyclic) bond motifs is 1. The number of ether oxygens (including phenoxy) is 2. The van der Waals surface area contributed by atoms with Gasteiger partial charge in [0, 0.05) is 23.0 Å². The van der Waals surface area contributed by atoms with Crippen LogP contribution in [-0.2, 0) is 4.79 Å². The number of hydrogen-bond acceptors (Lipinski definition) is 4. The summed E-state index contributed by atoms with van der Waals surface area (Å²) in [7, 11) is 0. The lowest BCUT2D eigenvalue weighted by Gasteiger charge is -2.08. The predicted octanol–water partition coefficient (Wildman–Crippen LogP) is 4.32. The van der Waals surface area contributed by atoms with E-state index >= 15 is 0 Å². The number of amides is 2. The highest BCUT2D eigenvalue weighted by Crippen LogP contribution is 2.32. The molecule has 6 heteroatoms. The van der Waals surface area contributed by atoms with Crippen molar-refractivity contribution in [1.82, 2.24) is 0 Å². The summed E-state index contributed by atoms with van der Waals surface area (Å²) in [6.07, 6.45) is 3.20. The van der Waals surface area contributed by atoms with Crippen molar-refractivity contribution in [3.8, 4) is 11.5 Å². The Hall–Kier alpha value is -4.06. The van der Waals surface area contributed by atoms with E-state index in [-0.39, 0.29) is 18.6 Å². The summed E-state index contributed by atoms with van der Waals surface area (Å²) in [5, 5.41) is 5.60. The topological polar surface area (TPSA) is 76.7 Å². The fraction of sp³-hybridized carbons (Fsp3) is 0.0435. The van der Waals surface area contributed by atoms with Crippen LogP contribution in [0, 0.1) is 0 Å². The first-order chi connectivity index (χ1) is 14.2. The highest BCUT2D eigenvalue weighted by atomic mass is 16.7. The van der Waals surface area contributed by atoms with Gasteiger partial charge in [-0.15, -0.1) is 0 Å². The first kappa shape index (κ1) is 18.3. The van der Waals surface area contributed by atoms with Crippen LogP contribution in [0.25, 0.3) is 6.08 Å². The summed E-state index contributed by atoms with van der Waals surface area (Å²) in [5.41, 5.74) is 2.54. The molecule has 144 valence electrons. The predicted molar refractivity (Wildman–Crippen MR) is 111 cm³/mol. The van der Waals surface area contributed by atoms with E-state index in [9.17, 15) is 9.59 Å². The lowest BCUT2D eigenvalue weighted by Crippen LogP contribution is -2.12. The van der Waals surface area contributed by atoms with Gasteiger partial charge in [-0.3, -0.25) is 9.59 Å². The summed E-state index contributed by atoms with van der Waals surface area (Å²) >= 11 is 0. The lowest BCUT2D eigenvalue weighted by molar-refractivity contribution is -0.111. The number of benzene rings is 3. The van der Waals surface area contributed by atoms with Gasteiger partial charge in [0.1, 0.15) is 0 Å². The van der Waals surface area contributed by atoms with Crippen LogP contribution in [0.15, 0.2) is 78.9 Å². The Morgan fingerprint density at radius 1 is 0.793 bits per heavy atom. The summed E-state index contributed by atoms with van der Waals surface area (Å²) in [4.78, 5) is 24.6. The van der Waals surface area contributed by atoms with E-state index < -0.39 is 0 Å². The molecule has 0 aromatic heterocycles. The zero-order chi connectivity index (χ0) is 20.1. The van der Waals surface area contributed by atoms with E-state index in [1.165, 1.54) is 6.08 Å². The molecule has 6 nitrogen and oxygen atoms in total. The maximum absolute atomic E-state index is 12.5. The number of carbonyl (C=O) groups is 2. The van der Waals surface area contributed by atoms with Crippen molar-refractivity contribution in [2.24, 2.45) is 0 Å². The van der Waals surface area contributed by atoms with Crippen LogP contribution in [0.3, 0.4) is 0 Å². The van der Waals surface area contributed by atoms with Gasteiger partial charge in [-0.05, 0) is 48.0 Å². The van der Waals surface area contributed by atoms with Gasteiger partial charge in [0.05, 0.1) is 0 Å². The van der Waals surface area contributed by atoms with Crippen LogP contribution in [-0.4, -0.2) is 18.6 Å². The number of nitrogens with one attached hydrogen (secondary N) is 2. The molecule has 0 bridgehead atoms. The number of hydrogen-bond donors (Lipinski definition) is 2. The second-order valence-corrected chi connectivity index (χ2v) is 6.34. The molecule has 0 radical (unpaired) electrons. The van der Waals surface area contributed by atoms with Gasteiger partial charge >= 0.3 is 0 Å². The highest BCUT2D eigenvalue weighted by molar-refractivity contribution is 6.06. The summed E-state index contributed by atoms with van der Waals surface area (Å²) in [6, 6.07) is 21.5. The van der Waals surface area contributed by atoms with E-state index in [1.54, 1.807) is 48.5 Å². The summed E-state index contributed by atoms with van der Waals surface area (Å²) in [6.45, 7) is 0.154. The number of carbonyl (C=O) groups excluding carboxylic acids is 2. The van der Waals surface area contributed by atoms with Gasteiger partial charge in [-0.25, -0.2) is 0 Å². The molecule has 3 aromatic carbocycles. The monoisotopic (exact) mass is 386 g/mol. The van der Waals surface area contributed by atoms with Crippen LogP contribution in [0.4, 0.5) is 11.4 Å². The Balaban J connectivity index is 1.40. The van der Waals surface area contributed by atoms with Crippen molar-refractivity contribution in [1.29, 1.82) is 0 Å². The van der Waals surface area contributed by atoms with Gasteiger partial charge in [-0.1, -0.05) is 36.4 Å². The minimum absolute atomic E-state index is 0.154. The molecule has 29 heavy (non-hydrogen) atoms. The van der Waals surface area contributed by atoms with Crippen LogP contribution in [0.2, 0.25) is 0 Å². The first-order valence-corrected chi connectivity index (χ1v) is 9.02. The molecule has 0 atom stereocenters. The van der Waals surface area contributed by atoms with E-state index in [0.717, 1.165) is 5.56 Å². The van der Waals surface area contributed by atoms with Crippen LogP contribution in [0.1, 0.15) is 15.9 Å². The Kier molecular flexibility index (Phi) is 5.25. The van der Waals surface area contributed by atoms with E-state index in [4.69, 9.17) is 9.47 Å². The van der Waals surface area contributed by atoms with Gasteiger partial charge in [0.2, 0.25) is 12.7 Å². The minimum Gasteiger partial charge on any atom is -0.454 e. The Labute approximate surface area is 167 Å². The molecule has 3 aromatic rings. The van der Waals surface area contributed by atoms with Gasteiger partial charge in [0.25, 0.3) is 5.91 Å². The third-order valence-electron chi connectivity index (χ3n) is 4.25. The highest BCUT2D eigenvalue weighted by Gasteiger charge is 2.16. The Morgan fingerprint density at radius 3 is 2.38 bits per heavy atom. The molecule has 0 saturated heterocycles. The molecular formula is C23H18N2O4. The lowest BCUT2D eigenvalue weighted by atomic mass is 10.2. The molecule has 1 heterocycles. The summed E-state index contributed by atoms with van der Waals surface area (Å²) in [5.74, 6) is 0.627. The normalized spacial score (nSPS) is 12.0. The van der Waals surface area contributed by atoms with Gasteiger partial charge < -0.3 is 20.1 Å². The molecule has 2 amide bonds. The van der Waals surface area contributed by atoms with Crippen molar-refractivity contribution >= 4 is 29.3 Å². The third kappa shape index (κ3) is 4.62. The smallest absolute Gasteiger partial charge is 0.255 e. The van der Waals surface area contributed by atoms with Gasteiger partial charge in [0.15, 0.2) is 11.5 Å². The second-order valence-electron chi connectivity index (χ2n) is 6.34. The van der Waals surface area contributed by atoms with Crippen molar-refractivity contribution in [3.05, 3.63) is 90.0 Å².